The third kappa shape index (κ3) is 6.12. The molecule has 10 heteroatoms. The molecule has 2 aliphatic rings. The standard InChI is InChI=1S/C25H24Cl2N2O5S/c1-2-33-21-11-16(5-8-20(21)34-15-17-6-7-18(26)13-19(17)27)12-22-24(31)29(25(32)35-22)14-23(30)28-9-3-4-10-28/h5-8,11-13H,2-4,9-10,14-15H2,1H3/b22-12+. The molecule has 2 fully saturated rings. The lowest BCUT2D eigenvalue weighted by Gasteiger charge is -2.18. The summed E-state index contributed by atoms with van der Waals surface area (Å²) in [5.74, 6) is 0.337. The summed E-state index contributed by atoms with van der Waals surface area (Å²) in [5, 5.41) is 0.604. The van der Waals surface area contributed by atoms with Crippen LogP contribution in [-0.4, -0.2) is 53.1 Å². The number of imide groups is 1. The smallest absolute Gasteiger partial charge is 0.294 e. The fourth-order valence-corrected chi connectivity index (χ4v) is 5.09. The maximum atomic E-state index is 12.8. The van der Waals surface area contributed by atoms with E-state index in [0.717, 1.165) is 35.1 Å². The zero-order valence-corrected chi connectivity index (χ0v) is 21.4. The number of nitrogens with zero attached hydrogens (tertiary/aromatic N) is 2. The Morgan fingerprint density at radius 2 is 1.83 bits per heavy atom. The first-order valence-electron chi connectivity index (χ1n) is 11.2. The average molecular weight is 535 g/mol. The topological polar surface area (TPSA) is 76.2 Å². The number of thioether (sulfide) groups is 1. The van der Waals surface area contributed by atoms with Gasteiger partial charge in [0.05, 0.1) is 11.5 Å². The second kappa shape index (κ2) is 11.4. The highest BCUT2D eigenvalue weighted by Gasteiger charge is 2.37. The number of carbonyl (C=O) groups is 3. The van der Waals surface area contributed by atoms with Crippen LogP contribution in [0.2, 0.25) is 10.0 Å². The highest BCUT2D eigenvalue weighted by molar-refractivity contribution is 8.18. The van der Waals surface area contributed by atoms with Crippen molar-refractivity contribution < 1.29 is 23.9 Å². The van der Waals surface area contributed by atoms with Crippen LogP contribution in [0.15, 0.2) is 41.3 Å². The van der Waals surface area contributed by atoms with Crippen LogP contribution in [0.1, 0.15) is 30.9 Å². The summed E-state index contributed by atoms with van der Waals surface area (Å²) in [5.41, 5.74) is 1.45. The van der Waals surface area contributed by atoms with Crippen LogP contribution in [0.5, 0.6) is 11.5 Å². The molecule has 0 saturated carbocycles. The molecule has 0 spiro atoms. The van der Waals surface area contributed by atoms with Crippen LogP contribution in [0.4, 0.5) is 4.79 Å². The van der Waals surface area contributed by atoms with E-state index < -0.39 is 11.1 Å². The molecule has 0 N–H and O–H groups in total. The largest absolute Gasteiger partial charge is 0.490 e. The molecule has 2 heterocycles. The first-order chi connectivity index (χ1) is 16.9. The van der Waals surface area contributed by atoms with Crippen LogP contribution in [0.25, 0.3) is 6.08 Å². The van der Waals surface area contributed by atoms with Gasteiger partial charge in [-0.1, -0.05) is 35.3 Å². The summed E-state index contributed by atoms with van der Waals surface area (Å²) < 4.78 is 11.7. The van der Waals surface area contributed by atoms with Crippen molar-refractivity contribution in [1.29, 1.82) is 0 Å². The molecular weight excluding hydrogens is 511 g/mol. The number of likely N-dealkylation sites (tertiary alicyclic amines) is 1. The summed E-state index contributed by atoms with van der Waals surface area (Å²) in [6, 6.07) is 10.4. The molecule has 4 rings (SSSR count). The molecule has 0 aromatic heterocycles. The van der Waals surface area contributed by atoms with Crippen molar-refractivity contribution in [3.8, 4) is 11.5 Å². The van der Waals surface area contributed by atoms with Gasteiger partial charge in [0.2, 0.25) is 5.91 Å². The molecule has 0 unspecified atom stereocenters. The summed E-state index contributed by atoms with van der Waals surface area (Å²) >= 11 is 13.0. The molecule has 2 aromatic carbocycles. The van der Waals surface area contributed by atoms with Crippen LogP contribution in [0.3, 0.4) is 0 Å². The van der Waals surface area contributed by atoms with Gasteiger partial charge in [-0.3, -0.25) is 19.3 Å². The maximum absolute atomic E-state index is 12.8. The highest BCUT2D eigenvalue weighted by atomic mass is 35.5. The SMILES string of the molecule is CCOc1cc(/C=C2/SC(=O)N(CC(=O)N3CCCC3)C2=O)ccc1OCc1ccc(Cl)cc1Cl. The molecule has 0 bridgehead atoms. The number of halogens is 2. The minimum absolute atomic E-state index is 0.202. The minimum atomic E-state index is -0.469. The van der Waals surface area contributed by atoms with Gasteiger partial charge in [-0.05, 0) is 67.4 Å². The van der Waals surface area contributed by atoms with Crippen molar-refractivity contribution in [1.82, 2.24) is 9.80 Å². The number of hydrogen-bond donors (Lipinski definition) is 0. The Bertz CT molecular complexity index is 1180. The maximum Gasteiger partial charge on any atom is 0.294 e. The molecule has 184 valence electrons. The quantitative estimate of drug-likeness (QED) is 0.408. The molecule has 0 atom stereocenters. The zero-order valence-electron chi connectivity index (χ0n) is 19.1. The average Bonchev–Trinajstić information content (AvgIpc) is 3.45. The fourth-order valence-electron chi connectivity index (χ4n) is 3.79. The summed E-state index contributed by atoms with van der Waals surface area (Å²) in [6.07, 6.45) is 3.51. The lowest BCUT2D eigenvalue weighted by atomic mass is 10.1. The molecule has 0 radical (unpaired) electrons. The molecule has 0 aliphatic carbocycles. The minimum Gasteiger partial charge on any atom is -0.490 e. The molecule has 2 aromatic rings. The van der Waals surface area contributed by atoms with E-state index in [2.05, 4.69) is 0 Å². The molecular formula is C25H24Cl2N2O5S. The van der Waals surface area contributed by atoms with E-state index >= 15 is 0 Å². The third-order valence-electron chi connectivity index (χ3n) is 5.59. The predicted octanol–water partition coefficient (Wildman–Crippen LogP) is 5.63. The first-order valence-corrected chi connectivity index (χ1v) is 12.8. The molecule has 35 heavy (non-hydrogen) atoms. The summed E-state index contributed by atoms with van der Waals surface area (Å²) in [7, 11) is 0. The molecule has 7 nitrogen and oxygen atoms in total. The molecule has 2 aliphatic heterocycles. The normalized spacial score (nSPS) is 16.9. The number of amides is 3. The van der Waals surface area contributed by atoms with Gasteiger partial charge in [-0.2, -0.15) is 0 Å². The fraction of sp³-hybridized carbons (Fsp3) is 0.320. The van der Waals surface area contributed by atoms with Crippen molar-refractivity contribution in [3.05, 3.63) is 62.5 Å². The Labute approximate surface area is 217 Å². The second-order valence-electron chi connectivity index (χ2n) is 8.02. The van der Waals surface area contributed by atoms with E-state index in [1.165, 1.54) is 0 Å². The second-order valence-corrected chi connectivity index (χ2v) is 9.86. The Hall–Kier alpha value is -2.68. The van der Waals surface area contributed by atoms with Crippen molar-refractivity contribution in [2.45, 2.75) is 26.4 Å². The number of ether oxygens (including phenoxy) is 2. The summed E-state index contributed by atoms with van der Waals surface area (Å²) in [4.78, 5) is 40.6. The monoisotopic (exact) mass is 534 g/mol. The Morgan fingerprint density at radius 1 is 1.06 bits per heavy atom. The Morgan fingerprint density at radius 3 is 2.54 bits per heavy atom. The Kier molecular flexibility index (Phi) is 8.26. The van der Waals surface area contributed by atoms with Gasteiger partial charge >= 0.3 is 0 Å². The van der Waals surface area contributed by atoms with Crippen molar-refractivity contribution >= 4 is 58.1 Å². The molecule has 2 saturated heterocycles. The lowest BCUT2D eigenvalue weighted by Crippen LogP contribution is -2.40. The van der Waals surface area contributed by atoms with Gasteiger partial charge in [0.1, 0.15) is 13.2 Å². The van der Waals surface area contributed by atoms with E-state index in [1.807, 2.05) is 6.92 Å². The van der Waals surface area contributed by atoms with Crippen molar-refractivity contribution in [3.63, 3.8) is 0 Å². The van der Waals surface area contributed by atoms with E-state index in [-0.39, 0.29) is 24.0 Å². The van der Waals surface area contributed by atoms with Crippen LogP contribution in [0, 0.1) is 0 Å². The number of benzene rings is 2. The number of hydrogen-bond acceptors (Lipinski definition) is 6. The van der Waals surface area contributed by atoms with Crippen LogP contribution < -0.4 is 9.47 Å². The van der Waals surface area contributed by atoms with Gasteiger partial charge in [0.15, 0.2) is 11.5 Å². The van der Waals surface area contributed by atoms with Gasteiger partial charge in [-0.15, -0.1) is 0 Å². The van der Waals surface area contributed by atoms with Crippen molar-refractivity contribution in [2.24, 2.45) is 0 Å². The van der Waals surface area contributed by atoms with Gasteiger partial charge in [0.25, 0.3) is 11.1 Å². The van der Waals surface area contributed by atoms with Crippen LogP contribution in [-0.2, 0) is 16.2 Å². The van der Waals surface area contributed by atoms with E-state index in [9.17, 15) is 14.4 Å². The lowest BCUT2D eigenvalue weighted by molar-refractivity contribution is -0.135. The number of carbonyl (C=O) groups excluding carboxylic acids is 3. The Balaban J connectivity index is 1.47. The summed E-state index contributed by atoms with van der Waals surface area (Å²) in [6.45, 7) is 3.60. The highest BCUT2D eigenvalue weighted by Crippen LogP contribution is 2.35. The number of rotatable bonds is 8. The van der Waals surface area contributed by atoms with Crippen LogP contribution >= 0.6 is 35.0 Å². The predicted molar refractivity (Wildman–Crippen MR) is 137 cm³/mol. The van der Waals surface area contributed by atoms with E-state index in [4.69, 9.17) is 32.7 Å². The first kappa shape index (κ1) is 25.4. The third-order valence-corrected chi connectivity index (χ3v) is 7.08. The van der Waals surface area contributed by atoms with Gasteiger partial charge in [-0.25, -0.2) is 0 Å². The van der Waals surface area contributed by atoms with E-state index in [0.29, 0.717) is 46.8 Å². The van der Waals surface area contributed by atoms with Gasteiger partial charge in [0, 0.05) is 28.7 Å². The van der Waals surface area contributed by atoms with Crippen molar-refractivity contribution in [2.75, 3.05) is 26.2 Å². The zero-order chi connectivity index (χ0) is 24.9. The molecule has 3 amide bonds. The van der Waals surface area contributed by atoms with Gasteiger partial charge < -0.3 is 14.4 Å². The van der Waals surface area contributed by atoms with E-state index in [1.54, 1.807) is 47.4 Å².